The maximum atomic E-state index is 12.4. The van der Waals surface area contributed by atoms with Gasteiger partial charge in [-0.25, -0.2) is 4.79 Å². The number of halogens is 1. The fourth-order valence-corrected chi connectivity index (χ4v) is 2.84. The molecule has 0 radical (unpaired) electrons. The summed E-state index contributed by atoms with van der Waals surface area (Å²) in [7, 11) is 0. The number of amides is 1. The molecule has 1 aromatic rings. The smallest absolute Gasteiger partial charge is 0.337 e. The fourth-order valence-electron chi connectivity index (χ4n) is 2.67. The standard InChI is InChI=1S/C15H19ClN2O3/c1-15(2)6-3-7-17-12(15)13(19)18-11-5-4-9(16)8-10(11)14(20)21/h4-5,8,12,17H,3,6-7H2,1-2H3,(H,18,19)(H,20,21). The molecule has 1 heterocycles. The first-order chi connectivity index (χ1) is 9.81. The number of carbonyl (C=O) groups excluding carboxylic acids is 1. The van der Waals surface area contributed by atoms with Gasteiger partial charge >= 0.3 is 5.97 Å². The first-order valence-corrected chi connectivity index (χ1v) is 7.26. The molecule has 21 heavy (non-hydrogen) atoms. The van der Waals surface area contributed by atoms with E-state index in [1.807, 2.05) is 13.8 Å². The molecule has 0 bridgehead atoms. The second-order valence-electron chi connectivity index (χ2n) is 5.96. The van der Waals surface area contributed by atoms with E-state index in [1.54, 1.807) is 6.07 Å². The van der Waals surface area contributed by atoms with E-state index in [2.05, 4.69) is 10.6 Å². The first kappa shape index (κ1) is 15.8. The van der Waals surface area contributed by atoms with Crippen LogP contribution in [-0.2, 0) is 4.79 Å². The van der Waals surface area contributed by atoms with Crippen LogP contribution in [0.25, 0.3) is 0 Å². The molecule has 1 amide bonds. The molecule has 2 rings (SSSR count). The predicted octanol–water partition coefficient (Wildman–Crippen LogP) is 2.75. The van der Waals surface area contributed by atoms with Gasteiger partial charge in [-0.3, -0.25) is 4.79 Å². The Morgan fingerprint density at radius 2 is 2.14 bits per heavy atom. The summed E-state index contributed by atoms with van der Waals surface area (Å²) in [5, 5.41) is 15.4. The zero-order valence-electron chi connectivity index (χ0n) is 12.1. The molecule has 0 spiro atoms. The minimum Gasteiger partial charge on any atom is -0.478 e. The molecule has 0 aromatic heterocycles. The first-order valence-electron chi connectivity index (χ1n) is 6.88. The molecular formula is C15H19ClN2O3. The number of aromatic carboxylic acids is 1. The number of benzene rings is 1. The summed E-state index contributed by atoms with van der Waals surface area (Å²) >= 11 is 5.80. The van der Waals surface area contributed by atoms with Gasteiger partial charge in [0.05, 0.1) is 17.3 Å². The van der Waals surface area contributed by atoms with E-state index in [4.69, 9.17) is 11.6 Å². The molecule has 1 aliphatic rings. The van der Waals surface area contributed by atoms with Gasteiger partial charge in [-0.15, -0.1) is 0 Å². The Kier molecular flexibility index (Phi) is 4.54. The highest BCUT2D eigenvalue weighted by molar-refractivity contribution is 6.31. The lowest BCUT2D eigenvalue weighted by Gasteiger charge is -2.38. The molecule has 1 aliphatic heterocycles. The molecule has 114 valence electrons. The van der Waals surface area contributed by atoms with Crippen LogP contribution < -0.4 is 10.6 Å². The number of hydrogen-bond acceptors (Lipinski definition) is 3. The van der Waals surface area contributed by atoms with Crippen LogP contribution in [0.4, 0.5) is 5.69 Å². The van der Waals surface area contributed by atoms with Gasteiger partial charge in [-0.2, -0.15) is 0 Å². The number of hydrogen-bond donors (Lipinski definition) is 3. The van der Waals surface area contributed by atoms with Crippen molar-refractivity contribution in [3.63, 3.8) is 0 Å². The third kappa shape index (κ3) is 3.54. The van der Waals surface area contributed by atoms with E-state index in [0.717, 1.165) is 19.4 Å². The topological polar surface area (TPSA) is 78.4 Å². The summed E-state index contributed by atoms with van der Waals surface area (Å²) in [6.45, 7) is 4.85. The van der Waals surface area contributed by atoms with E-state index in [9.17, 15) is 14.7 Å². The van der Waals surface area contributed by atoms with Crippen molar-refractivity contribution in [2.24, 2.45) is 5.41 Å². The molecule has 3 N–H and O–H groups in total. The van der Waals surface area contributed by atoms with Crippen LogP contribution in [0, 0.1) is 5.41 Å². The Balaban J connectivity index is 2.22. The molecule has 1 saturated heterocycles. The van der Waals surface area contributed by atoms with E-state index in [1.165, 1.54) is 12.1 Å². The van der Waals surface area contributed by atoms with Gasteiger partial charge in [-0.1, -0.05) is 25.4 Å². The van der Waals surface area contributed by atoms with E-state index >= 15 is 0 Å². The van der Waals surface area contributed by atoms with Crippen molar-refractivity contribution >= 4 is 29.2 Å². The third-order valence-electron chi connectivity index (χ3n) is 3.86. The Morgan fingerprint density at radius 3 is 2.76 bits per heavy atom. The zero-order valence-corrected chi connectivity index (χ0v) is 12.8. The van der Waals surface area contributed by atoms with Crippen molar-refractivity contribution < 1.29 is 14.7 Å². The quantitative estimate of drug-likeness (QED) is 0.802. The number of anilines is 1. The highest BCUT2D eigenvalue weighted by Gasteiger charge is 2.37. The summed E-state index contributed by atoms with van der Waals surface area (Å²) in [6, 6.07) is 4.06. The molecule has 1 unspecified atom stereocenters. The minimum absolute atomic E-state index is 0.00975. The number of rotatable bonds is 3. The largest absolute Gasteiger partial charge is 0.478 e. The van der Waals surface area contributed by atoms with Gasteiger partial charge in [0.25, 0.3) is 0 Å². The van der Waals surface area contributed by atoms with Crippen LogP contribution in [0.3, 0.4) is 0 Å². The number of piperidine rings is 1. The summed E-state index contributed by atoms with van der Waals surface area (Å²) in [6.07, 6.45) is 1.97. The average Bonchev–Trinajstić information content (AvgIpc) is 2.39. The number of carboxylic acid groups (broad SMARTS) is 1. The normalized spacial score (nSPS) is 20.8. The van der Waals surface area contributed by atoms with E-state index in [0.29, 0.717) is 5.02 Å². The number of carbonyl (C=O) groups is 2. The van der Waals surface area contributed by atoms with Crippen LogP contribution in [0.15, 0.2) is 18.2 Å². The van der Waals surface area contributed by atoms with Crippen LogP contribution in [0.1, 0.15) is 37.0 Å². The molecule has 6 heteroatoms. The van der Waals surface area contributed by atoms with Crippen LogP contribution >= 0.6 is 11.6 Å². The molecule has 0 aliphatic carbocycles. The highest BCUT2D eigenvalue weighted by atomic mass is 35.5. The molecule has 0 saturated carbocycles. The summed E-state index contributed by atoms with van der Waals surface area (Å²) < 4.78 is 0. The maximum Gasteiger partial charge on any atom is 0.337 e. The van der Waals surface area contributed by atoms with Gasteiger partial charge in [0.15, 0.2) is 0 Å². The van der Waals surface area contributed by atoms with Crippen molar-refractivity contribution in [3.05, 3.63) is 28.8 Å². The molecule has 5 nitrogen and oxygen atoms in total. The second kappa shape index (κ2) is 6.03. The van der Waals surface area contributed by atoms with Gasteiger partial charge in [0, 0.05) is 5.02 Å². The van der Waals surface area contributed by atoms with Gasteiger partial charge < -0.3 is 15.7 Å². The Bertz CT molecular complexity index is 572. The Morgan fingerprint density at radius 1 is 1.43 bits per heavy atom. The van der Waals surface area contributed by atoms with Crippen molar-refractivity contribution in [1.82, 2.24) is 5.32 Å². The van der Waals surface area contributed by atoms with Crippen molar-refractivity contribution in [1.29, 1.82) is 0 Å². The monoisotopic (exact) mass is 310 g/mol. The molecule has 1 fully saturated rings. The zero-order chi connectivity index (χ0) is 15.6. The lowest BCUT2D eigenvalue weighted by molar-refractivity contribution is -0.121. The van der Waals surface area contributed by atoms with Crippen LogP contribution in [0.5, 0.6) is 0 Å². The molecule has 1 atom stereocenters. The molecular weight excluding hydrogens is 292 g/mol. The van der Waals surface area contributed by atoms with Gasteiger partial charge in [0.1, 0.15) is 0 Å². The van der Waals surface area contributed by atoms with Crippen LogP contribution in [-0.4, -0.2) is 29.6 Å². The summed E-state index contributed by atoms with van der Waals surface area (Å²) in [5.41, 5.74) is 0.0857. The summed E-state index contributed by atoms with van der Waals surface area (Å²) in [5.74, 6) is -1.34. The second-order valence-corrected chi connectivity index (χ2v) is 6.40. The van der Waals surface area contributed by atoms with Crippen molar-refractivity contribution in [3.8, 4) is 0 Å². The fraction of sp³-hybridized carbons (Fsp3) is 0.467. The summed E-state index contributed by atoms with van der Waals surface area (Å²) in [4.78, 5) is 23.7. The Labute approximate surface area is 128 Å². The minimum atomic E-state index is -1.12. The van der Waals surface area contributed by atoms with Crippen molar-refractivity contribution in [2.75, 3.05) is 11.9 Å². The lowest BCUT2D eigenvalue weighted by Crippen LogP contribution is -2.53. The third-order valence-corrected chi connectivity index (χ3v) is 4.10. The van der Waals surface area contributed by atoms with Crippen molar-refractivity contribution in [2.45, 2.75) is 32.7 Å². The lowest BCUT2D eigenvalue weighted by atomic mass is 9.77. The van der Waals surface area contributed by atoms with E-state index < -0.39 is 5.97 Å². The molecule has 1 aromatic carbocycles. The van der Waals surface area contributed by atoms with Gasteiger partial charge in [0.2, 0.25) is 5.91 Å². The van der Waals surface area contributed by atoms with E-state index in [-0.39, 0.29) is 28.6 Å². The Hall–Kier alpha value is -1.59. The predicted molar refractivity (Wildman–Crippen MR) is 81.8 cm³/mol. The highest BCUT2D eigenvalue weighted by Crippen LogP contribution is 2.31. The van der Waals surface area contributed by atoms with Gasteiger partial charge in [-0.05, 0) is 43.0 Å². The van der Waals surface area contributed by atoms with Crippen LogP contribution in [0.2, 0.25) is 5.02 Å². The average molecular weight is 311 g/mol. The number of nitrogens with one attached hydrogen (secondary N) is 2. The maximum absolute atomic E-state index is 12.4. The SMILES string of the molecule is CC1(C)CCCNC1C(=O)Nc1ccc(Cl)cc1C(=O)O. The number of carboxylic acids is 1.